The molecule has 0 bridgehead atoms. The topological polar surface area (TPSA) is 0 Å². The second-order valence-corrected chi connectivity index (χ2v) is 3.90. The highest BCUT2D eigenvalue weighted by molar-refractivity contribution is 6.55. The Hall–Kier alpha value is 0.100. The summed E-state index contributed by atoms with van der Waals surface area (Å²) in [6.07, 6.45) is 5.00. The molecule has 0 N–H and O–H groups in total. The van der Waals surface area contributed by atoms with Gasteiger partial charge in [-0.15, -0.1) is 0 Å². The molecular formula is C9H12Cl2. The van der Waals surface area contributed by atoms with Gasteiger partial charge in [-0.3, -0.25) is 0 Å². The van der Waals surface area contributed by atoms with E-state index in [1.54, 1.807) is 0 Å². The van der Waals surface area contributed by atoms with Crippen LogP contribution < -0.4 is 0 Å². The molecule has 0 radical (unpaired) electrons. The summed E-state index contributed by atoms with van der Waals surface area (Å²) in [4.78, 5) is 0. The number of rotatable bonds is 3. The first kappa shape index (κ1) is 9.19. The van der Waals surface area contributed by atoms with Gasteiger partial charge in [0.15, 0.2) is 0 Å². The van der Waals surface area contributed by atoms with Crippen LogP contribution in [0.2, 0.25) is 0 Å². The molecular weight excluding hydrogens is 179 g/mol. The molecule has 1 saturated carbocycles. The van der Waals surface area contributed by atoms with Crippen molar-refractivity contribution in [3.05, 3.63) is 15.8 Å². The van der Waals surface area contributed by atoms with E-state index in [0.717, 1.165) is 12.3 Å². The highest BCUT2D eigenvalue weighted by Gasteiger charge is 2.28. The Bertz CT molecular complexity index is 196. The van der Waals surface area contributed by atoms with Gasteiger partial charge in [0.2, 0.25) is 0 Å². The number of allylic oxidation sites excluding steroid dienone is 1. The fraction of sp³-hybridized carbons (Fsp3) is 0.667. The van der Waals surface area contributed by atoms with Crippen LogP contribution in [0, 0.1) is 5.92 Å². The SMILES string of the molecule is CCCCC1CC1=C=C(Cl)Cl. The zero-order valence-corrected chi connectivity index (χ0v) is 8.17. The number of unbranched alkanes of at least 4 members (excludes halogenated alkanes) is 1. The van der Waals surface area contributed by atoms with Gasteiger partial charge in [0.05, 0.1) is 0 Å². The third-order valence-electron chi connectivity index (χ3n) is 1.96. The molecule has 0 heterocycles. The molecule has 0 aliphatic heterocycles. The number of halogens is 2. The molecule has 1 atom stereocenters. The van der Waals surface area contributed by atoms with E-state index in [2.05, 4.69) is 12.7 Å². The Morgan fingerprint density at radius 1 is 1.64 bits per heavy atom. The van der Waals surface area contributed by atoms with E-state index in [4.69, 9.17) is 23.2 Å². The van der Waals surface area contributed by atoms with Crippen LogP contribution in [0.1, 0.15) is 32.6 Å². The summed E-state index contributed by atoms with van der Waals surface area (Å²) in [5.74, 6) is 0.738. The lowest BCUT2D eigenvalue weighted by atomic mass is 10.2. The van der Waals surface area contributed by atoms with E-state index in [1.807, 2.05) is 0 Å². The molecule has 0 aromatic carbocycles. The van der Waals surface area contributed by atoms with Crippen LogP contribution in [0.25, 0.3) is 0 Å². The lowest BCUT2D eigenvalue weighted by Gasteiger charge is -1.89. The monoisotopic (exact) mass is 190 g/mol. The molecule has 62 valence electrons. The zero-order valence-electron chi connectivity index (χ0n) is 6.66. The summed E-state index contributed by atoms with van der Waals surface area (Å²) in [6.45, 7) is 2.20. The molecule has 1 fully saturated rings. The van der Waals surface area contributed by atoms with Gasteiger partial charge in [0.1, 0.15) is 4.49 Å². The van der Waals surface area contributed by atoms with E-state index in [0.29, 0.717) is 0 Å². The molecule has 0 spiro atoms. The van der Waals surface area contributed by atoms with Gasteiger partial charge >= 0.3 is 0 Å². The van der Waals surface area contributed by atoms with Crippen LogP contribution in [-0.2, 0) is 0 Å². The maximum absolute atomic E-state index is 5.46. The van der Waals surface area contributed by atoms with Crippen molar-refractivity contribution in [3.8, 4) is 0 Å². The van der Waals surface area contributed by atoms with E-state index >= 15 is 0 Å². The molecule has 0 aromatic heterocycles. The van der Waals surface area contributed by atoms with Crippen molar-refractivity contribution in [3.63, 3.8) is 0 Å². The van der Waals surface area contributed by atoms with Crippen molar-refractivity contribution in [1.82, 2.24) is 0 Å². The first-order chi connectivity index (χ1) is 5.24. The lowest BCUT2D eigenvalue weighted by molar-refractivity contribution is 0.669. The predicted octanol–water partition coefficient (Wildman–Crippen LogP) is 4.04. The smallest absolute Gasteiger partial charge is 0.0890 e. The largest absolute Gasteiger partial charge is 0.148 e. The minimum atomic E-state index is 0.277. The average molecular weight is 191 g/mol. The molecule has 0 nitrogen and oxygen atoms in total. The Morgan fingerprint density at radius 3 is 2.91 bits per heavy atom. The molecule has 2 heteroatoms. The summed E-state index contributed by atoms with van der Waals surface area (Å²) in [5, 5.41) is 0. The quantitative estimate of drug-likeness (QED) is 0.590. The predicted molar refractivity (Wildman–Crippen MR) is 49.9 cm³/mol. The maximum atomic E-state index is 5.46. The number of hydrogen-bond acceptors (Lipinski definition) is 0. The first-order valence-corrected chi connectivity index (χ1v) is 4.80. The average Bonchev–Trinajstić information content (AvgIpc) is 2.62. The molecule has 11 heavy (non-hydrogen) atoms. The van der Waals surface area contributed by atoms with E-state index in [9.17, 15) is 0 Å². The second kappa shape index (κ2) is 4.21. The van der Waals surface area contributed by atoms with Gasteiger partial charge in [-0.2, -0.15) is 0 Å². The Kier molecular flexibility index (Phi) is 3.51. The minimum absolute atomic E-state index is 0.277. The van der Waals surface area contributed by atoms with Crippen LogP contribution in [-0.4, -0.2) is 0 Å². The van der Waals surface area contributed by atoms with Crippen LogP contribution >= 0.6 is 23.2 Å². The first-order valence-electron chi connectivity index (χ1n) is 4.04. The molecule has 1 aliphatic rings. The van der Waals surface area contributed by atoms with Crippen molar-refractivity contribution in [2.75, 3.05) is 0 Å². The summed E-state index contributed by atoms with van der Waals surface area (Å²) >= 11 is 10.9. The van der Waals surface area contributed by atoms with Gasteiger partial charge in [-0.1, -0.05) is 48.7 Å². The van der Waals surface area contributed by atoms with Crippen molar-refractivity contribution >= 4 is 23.2 Å². The molecule has 0 aromatic rings. The van der Waals surface area contributed by atoms with E-state index < -0.39 is 0 Å². The highest BCUT2D eigenvalue weighted by Crippen LogP contribution is 2.41. The second-order valence-electron chi connectivity index (χ2n) is 2.95. The molecule has 0 saturated heterocycles. The van der Waals surface area contributed by atoms with Crippen molar-refractivity contribution in [2.45, 2.75) is 32.6 Å². The standard InChI is InChI=1S/C9H12Cl2/c1-2-3-4-7-5-8(7)6-9(10)11/h7H,2-5H2,1H3. The van der Waals surface area contributed by atoms with Gasteiger partial charge in [0.25, 0.3) is 0 Å². The molecule has 0 amide bonds. The number of hydrogen-bond donors (Lipinski definition) is 0. The molecule has 1 unspecified atom stereocenters. The normalized spacial score (nSPS) is 21.4. The highest BCUT2D eigenvalue weighted by atomic mass is 35.5. The summed E-state index contributed by atoms with van der Waals surface area (Å²) in [7, 11) is 0. The fourth-order valence-corrected chi connectivity index (χ4v) is 1.45. The minimum Gasteiger partial charge on any atom is -0.0890 e. The van der Waals surface area contributed by atoms with Gasteiger partial charge in [-0.05, 0) is 24.3 Å². The summed E-state index contributed by atoms with van der Waals surface area (Å²) in [6, 6.07) is 0. The maximum Gasteiger partial charge on any atom is 0.148 e. The van der Waals surface area contributed by atoms with Crippen LogP contribution in [0.4, 0.5) is 0 Å². The molecule has 1 rings (SSSR count). The van der Waals surface area contributed by atoms with Crippen LogP contribution in [0.3, 0.4) is 0 Å². The molecule has 1 aliphatic carbocycles. The van der Waals surface area contributed by atoms with Crippen molar-refractivity contribution in [1.29, 1.82) is 0 Å². The lowest BCUT2D eigenvalue weighted by Crippen LogP contribution is -1.74. The Morgan fingerprint density at radius 2 is 2.36 bits per heavy atom. The zero-order chi connectivity index (χ0) is 8.27. The van der Waals surface area contributed by atoms with E-state index in [-0.39, 0.29) is 4.49 Å². The van der Waals surface area contributed by atoms with Crippen LogP contribution in [0.5, 0.6) is 0 Å². The fourth-order valence-electron chi connectivity index (χ4n) is 1.21. The van der Waals surface area contributed by atoms with E-state index in [1.165, 1.54) is 24.8 Å². The Balaban J connectivity index is 2.32. The van der Waals surface area contributed by atoms with Gasteiger partial charge < -0.3 is 0 Å². The Labute approximate surface area is 77.9 Å². The van der Waals surface area contributed by atoms with Crippen LogP contribution in [0.15, 0.2) is 15.8 Å². The third-order valence-corrected chi connectivity index (χ3v) is 2.15. The van der Waals surface area contributed by atoms with Gasteiger partial charge in [0, 0.05) is 0 Å². The summed E-state index contributed by atoms with van der Waals surface area (Å²) < 4.78 is 0.277. The van der Waals surface area contributed by atoms with Crippen molar-refractivity contribution in [2.24, 2.45) is 5.92 Å². The summed E-state index contributed by atoms with van der Waals surface area (Å²) in [5.41, 5.74) is 4.24. The van der Waals surface area contributed by atoms with Crippen molar-refractivity contribution < 1.29 is 0 Å². The third kappa shape index (κ3) is 3.33. The van der Waals surface area contributed by atoms with Gasteiger partial charge in [-0.25, -0.2) is 0 Å².